The van der Waals surface area contributed by atoms with Crippen LogP contribution in [0, 0.1) is 12.8 Å². The molecule has 2 aromatic carbocycles. The van der Waals surface area contributed by atoms with Gasteiger partial charge < -0.3 is 14.7 Å². The van der Waals surface area contributed by atoms with Crippen molar-refractivity contribution in [2.75, 3.05) is 18.4 Å². The molecule has 29 heavy (non-hydrogen) atoms. The average molecular weight is 411 g/mol. The number of piperidine rings is 1. The molecule has 3 aromatic rings. The Morgan fingerprint density at radius 1 is 1.28 bits per heavy atom. The van der Waals surface area contributed by atoms with Gasteiger partial charge in [0, 0.05) is 35.8 Å². The van der Waals surface area contributed by atoms with E-state index in [0.717, 1.165) is 30.5 Å². The Bertz CT molecular complexity index is 1000. The smallest absolute Gasteiger partial charge is 0.321 e. The summed E-state index contributed by atoms with van der Waals surface area (Å²) >= 11 is 6.00. The number of carbonyl (C=O) groups is 1. The zero-order valence-electron chi connectivity index (χ0n) is 16.3. The van der Waals surface area contributed by atoms with Crippen LogP contribution in [0.15, 0.2) is 53.1 Å². The van der Waals surface area contributed by atoms with E-state index >= 15 is 0 Å². The Balaban J connectivity index is 1.38. The monoisotopic (exact) mass is 410 g/mol. The van der Waals surface area contributed by atoms with Crippen LogP contribution in [0.5, 0.6) is 0 Å². The summed E-state index contributed by atoms with van der Waals surface area (Å²) in [6, 6.07) is 15.0. The number of hydrogen-bond donors (Lipinski definition) is 1. The van der Waals surface area contributed by atoms with E-state index < -0.39 is 0 Å². The molecule has 2 amide bonds. The van der Waals surface area contributed by atoms with E-state index in [1.165, 1.54) is 0 Å². The predicted octanol–water partition coefficient (Wildman–Crippen LogP) is 5.19. The molecule has 0 spiro atoms. The third-order valence-corrected chi connectivity index (χ3v) is 5.43. The van der Waals surface area contributed by atoms with Crippen molar-refractivity contribution < 1.29 is 9.32 Å². The molecule has 0 aliphatic carbocycles. The summed E-state index contributed by atoms with van der Waals surface area (Å²) in [5, 5.41) is 7.66. The van der Waals surface area contributed by atoms with E-state index in [9.17, 15) is 4.79 Å². The Morgan fingerprint density at radius 2 is 2.14 bits per heavy atom. The van der Waals surface area contributed by atoms with Gasteiger partial charge in [0.1, 0.15) is 0 Å². The maximum atomic E-state index is 12.6. The van der Waals surface area contributed by atoms with Gasteiger partial charge in [0.2, 0.25) is 11.7 Å². The standard InChI is InChI=1S/C22H23ClN4O2/c1-15-6-2-3-10-19(15)21-25-20(29-26-21)12-16-7-5-11-27(14-16)22(28)24-18-9-4-8-17(23)13-18/h2-4,6,8-10,13,16H,5,7,11-12,14H2,1H3,(H,24,28). The highest BCUT2D eigenvalue weighted by Crippen LogP contribution is 2.24. The first kappa shape index (κ1) is 19.5. The first-order chi connectivity index (χ1) is 14.1. The Morgan fingerprint density at radius 3 is 2.97 bits per heavy atom. The number of amides is 2. The molecule has 1 aromatic heterocycles. The van der Waals surface area contributed by atoms with Crippen molar-refractivity contribution in [1.82, 2.24) is 15.0 Å². The van der Waals surface area contributed by atoms with Gasteiger partial charge in [0.05, 0.1) is 0 Å². The predicted molar refractivity (Wildman–Crippen MR) is 113 cm³/mol. The lowest BCUT2D eigenvalue weighted by atomic mass is 9.95. The lowest BCUT2D eigenvalue weighted by molar-refractivity contribution is 0.173. The number of halogens is 1. The molecule has 1 atom stereocenters. The summed E-state index contributed by atoms with van der Waals surface area (Å²) in [6.07, 6.45) is 2.65. The molecule has 1 saturated heterocycles. The summed E-state index contributed by atoms with van der Waals surface area (Å²) in [5.41, 5.74) is 2.79. The molecule has 2 heterocycles. The number of aromatic nitrogens is 2. The molecule has 6 nitrogen and oxygen atoms in total. The van der Waals surface area contributed by atoms with Gasteiger partial charge in [0.15, 0.2) is 0 Å². The van der Waals surface area contributed by atoms with Crippen molar-refractivity contribution in [1.29, 1.82) is 0 Å². The number of likely N-dealkylation sites (tertiary alicyclic amines) is 1. The summed E-state index contributed by atoms with van der Waals surface area (Å²) in [6.45, 7) is 3.43. The number of hydrogen-bond acceptors (Lipinski definition) is 4. The lowest BCUT2D eigenvalue weighted by Crippen LogP contribution is -2.42. The fourth-order valence-corrected chi connectivity index (χ4v) is 3.89. The molecule has 150 valence electrons. The molecule has 1 unspecified atom stereocenters. The first-order valence-electron chi connectivity index (χ1n) is 9.78. The van der Waals surface area contributed by atoms with E-state index in [0.29, 0.717) is 41.3 Å². The van der Waals surface area contributed by atoms with E-state index in [-0.39, 0.29) is 6.03 Å². The van der Waals surface area contributed by atoms with E-state index in [4.69, 9.17) is 16.1 Å². The second-order valence-corrected chi connectivity index (χ2v) is 7.86. The minimum absolute atomic E-state index is 0.108. The van der Waals surface area contributed by atoms with Gasteiger partial charge in [0.25, 0.3) is 0 Å². The molecule has 0 bridgehead atoms. The molecule has 1 N–H and O–H groups in total. The molecule has 7 heteroatoms. The zero-order valence-corrected chi connectivity index (χ0v) is 17.0. The maximum absolute atomic E-state index is 12.6. The molecular formula is C22H23ClN4O2. The average Bonchev–Trinajstić information content (AvgIpc) is 3.17. The van der Waals surface area contributed by atoms with Crippen molar-refractivity contribution in [3.8, 4) is 11.4 Å². The van der Waals surface area contributed by atoms with Crippen LogP contribution >= 0.6 is 11.6 Å². The van der Waals surface area contributed by atoms with Crippen LogP contribution in [0.2, 0.25) is 5.02 Å². The fraction of sp³-hybridized carbons (Fsp3) is 0.318. The second kappa shape index (κ2) is 8.66. The first-order valence-corrected chi connectivity index (χ1v) is 10.2. The normalized spacial score (nSPS) is 16.6. The van der Waals surface area contributed by atoms with Crippen molar-refractivity contribution >= 4 is 23.3 Å². The van der Waals surface area contributed by atoms with Crippen LogP contribution in [0.3, 0.4) is 0 Å². The molecule has 0 saturated carbocycles. The number of urea groups is 1. The molecule has 0 radical (unpaired) electrons. The third-order valence-electron chi connectivity index (χ3n) is 5.20. The number of nitrogens with one attached hydrogen (secondary N) is 1. The van der Waals surface area contributed by atoms with Gasteiger partial charge in [-0.05, 0) is 49.4 Å². The fourth-order valence-electron chi connectivity index (χ4n) is 3.70. The SMILES string of the molecule is Cc1ccccc1-c1noc(CC2CCCN(C(=O)Nc3cccc(Cl)c3)C2)n1. The third kappa shape index (κ3) is 4.77. The van der Waals surface area contributed by atoms with Crippen LogP contribution in [-0.2, 0) is 6.42 Å². The Kier molecular flexibility index (Phi) is 5.81. The number of rotatable bonds is 4. The van der Waals surface area contributed by atoms with Gasteiger partial charge in [-0.15, -0.1) is 0 Å². The quantitative estimate of drug-likeness (QED) is 0.642. The highest BCUT2D eigenvalue weighted by Gasteiger charge is 2.26. The van der Waals surface area contributed by atoms with Gasteiger partial charge in [-0.25, -0.2) is 4.79 Å². The van der Waals surface area contributed by atoms with E-state index in [1.807, 2.05) is 48.2 Å². The molecular weight excluding hydrogens is 388 g/mol. The van der Waals surface area contributed by atoms with Crippen molar-refractivity contribution in [2.24, 2.45) is 5.92 Å². The van der Waals surface area contributed by atoms with Crippen LogP contribution in [0.4, 0.5) is 10.5 Å². The summed E-state index contributed by atoms with van der Waals surface area (Å²) in [7, 11) is 0. The minimum Gasteiger partial charge on any atom is -0.339 e. The number of aryl methyl sites for hydroxylation is 1. The van der Waals surface area contributed by atoms with Gasteiger partial charge >= 0.3 is 6.03 Å². The zero-order chi connectivity index (χ0) is 20.2. The highest BCUT2D eigenvalue weighted by atomic mass is 35.5. The van der Waals surface area contributed by atoms with Crippen LogP contribution in [-0.4, -0.2) is 34.2 Å². The number of benzene rings is 2. The second-order valence-electron chi connectivity index (χ2n) is 7.43. The van der Waals surface area contributed by atoms with Crippen molar-refractivity contribution in [3.63, 3.8) is 0 Å². The van der Waals surface area contributed by atoms with Gasteiger partial charge in [-0.1, -0.05) is 47.1 Å². The largest absolute Gasteiger partial charge is 0.339 e. The molecule has 1 aliphatic heterocycles. The summed E-state index contributed by atoms with van der Waals surface area (Å²) in [5.74, 6) is 1.52. The minimum atomic E-state index is -0.108. The highest BCUT2D eigenvalue weighted by molar-refractivity contribution is 6.30. The number of nitrogens with zero attached hydrogens (tertiary/aromatic N) is 3. The Hall–Kier alpha value is -2.86. The van der Waals surface area contributed by atoms with E-state index in [1.54, 1.807) is 12.1 Å². The van der Waals surface area contributed by atoms with Gasteiger partial charge in [-0.2, -0.15) is 4.98 Å². The molecule has 1 fully saturated rings. The Labute approximate surface area is 174 Å². The van der Waals surface area contributed by atoms with Crippen LogP contribution in [0.25, 0.3) is 11.4 Å². The topological polar surface area (TPSA) is 71.3 Å². The molecule has 4 rings (SSSR count). The number of anilines is 1. The maximum Gasteiger partial charge on any atom is 0.321 e. The van der Waals surface area contributed by atoms with Crippen molar-refractivity contribution in [2.45, 2.75) is 26.2 Å². The van der Waals surface area contributed by atoms with Crippen LogP contribution in [0.1, 0.15) is 24.3 Å². The van der Waals surface area contributed by atoms with Crippen LogP contribution < -0.4 is 5.32 Å². The lowest BCUT2D eigenvalue weighted by Gasteiger charge is -2.32. The summed E-state index contributed by atoms with van der Waals surface area (Å²) < 4.78 is 5.49. The van der Waals surface area contributed by atoms with Crippen molar-refractivity contribution in [3.05, 3.63) is 65.0 Å². The van der Waals surface area contributed by atoms with Gasteiger partial charge in [-0.3, -0.25) is 0 Å². The molecule has 1 aliphatic rings. The summed E-state index contributed by atoms with van der Waals surface area (Å²) in [4.78, 5) is 19.0. The number of carbonyl (C=O) groups excluding carboxylic acids is 1. The van der Waals surface area contributed by atoms with E-state index in [2.05, 4.69) is 15.5 Å².